The molecular formula is C67H88IN5O22. The van der Waals surface area contributed by atoms with Crippen molar-refractivity contribution >= 4 is 111 Å². The number of amides is 3. The molecule has 0 saturated heterocycles. The molecule has 3 rings (SSSR count). The Morgan fingerprint density at radius 3 is 1.74 bits per heavy atom. The molecule has 2 aromatic carbocycles. The summed E-state index contributed by atoms with van der Waals surface area (Å²) >= 11 is 1.88. The average molecular weight is 1440 g/mol. The molecule has 95 heavy (non-hydrogen) atoms. The van der Waals surface area contributed by atoms with Crippen LogP contribution >= 0.6 is 22.6 Å². The smallest absolute Gasteiger partial charge is 0.347 e. The van der Waals surface area contributed by atoms with E-state index < -0.39 is 137 Å². The maximum Gasteiger partial charge on any atom is 0.347 e. The van der Waals surface area contributed by atoms with E-state index in [-0.39, 0.29) is 114 Å². The first-order chi connectivity index (χ1) is 45.1. The van der Waals surface area contributed by atoms with Gasteiger partial charge < -0.3 is 51.3 Å². The van der Waals surface area contributed by atoms with Crippen LogP contribution in [0.3, 0.4) is 0 Å². The Labute approximate surface area is 564 Å². The highest BCUT2D eigenvalue weighted by molar-refractivity contribution is 14.1. The first kappa shape index (κ1) is 80.9. The molecule has 0 unspecified atom stereocenters. The van der Waals surface area contributed by atoms with E-state index in [0.717, 1.165) is 18.2 Å². The number of hydrogen-bond donors (Lipinski definition) is 9. The molecule has 1 aliphatic carbocycles. The summed E-state index contributed by atoms with van der Waals surface area (Å²) in [5.41, 5.74) is 0.722. The van der Waals surface area contributed by atoms with Crippen LogP contribution in [0.4, 0.5) is 4.79 Å². The molecular weight excluding hydrogens is 1350 g/mol. The van der Waals surface area contributed by atoms with Crippen molar-refractivity contribution in [3.05, 3.63) is 87.0 Å². The zero-order chi connectivity index (χ0) is 70.6. The number of carbonyl (C=O) groups excluding carboxylic acids is 9. The van der Waals surface area contributed by atoms with Crippen LogP contribution in [0.25, 0.3) is 0 Å². The van der Waals surface area contributed by atoms with Gasteiger partial charge in [-0.25, -0.2) is 19.2 Å². The maximum absolute atomic E-state index is 14.7. The van der Waals surface area contributed by atoms with Gasteiger partial charge in [-0.15, -0.1) is 0 Å². The number of urea groups is 1. The number of carbonyl (C=O) groups is 15. The van der Waals surface area contributed by atoms with Gasteiger partial charge in [-0.3, -0.25) is 62.5 Å². The molecule has 0 spiro atoms. The van der Waals surface area contributed by atoms with Gasteiger partial charge in [-0.1, -0.05) is 75.4 Å². The lowest BCUT2D eigenvalue weighted by Crippen LogP contribution is -2.51. The lowest BCUT2D eigenvalue weighted by Gasteiger charge is -2.29. The van der Waals surface area contributed by atoms with Crippen LogP contribution in [0, 0.1) is 21.3 Å². The van der Waals surface area contributed by atoms with Gasteiger partial charge in [-0.2, -0.15) is 0 Å². The molecule has 28 heteroatoms. The number of hydrogen-bond acceptors (Lipinski definition) is 18. The fourth-order valence-corrected chi connectivity index (χ4v) is 11.4. The molecule has 0 fully saturated rings. The minimum atomic E-state index is -1.53. The SMILES string of the molecule is CCN(CCN(C)CC(=O)O)[C@@H](CCC(=O)C[C@H](Cc1ccc(OC(=O)C2=CC(=O)C=CC2=O)c(I)c1)C(=O)C[C@H](Cc1ccccc1)C(=O)C[C@H](CCCCNC(=O)CCCCCCC(=O)CCCCC[C@H](NC(=O)N[C@@H](CCC(=O)O)C(=O)O)C(=O)O)C(=O)O)C(=O)O. The molecule has 9 N–H and O–H groups in total. The highest BCUT2D eigenvalue weighted by Crippen LogP contribution is 2.29. The number of unbranched alkanes of at least 4 members (excludes halogenated alkanes) is 6. The van der Waals surface area contributed by atoms with Gasteiger partial charge in [0.25, 0.3) is 0 Å². The Bertz CT molecular complexity index is 3090. The molecule has 3 amide bonds. The molecule has 6 atom stereocenters. The van der Waals surface area contributed by atoms with Crippen LogP contribution in [0.5, 0.6) is 5.75 Å². The summed E-state index contributed by atoms with van der Waals surface area (Å²) in [6.07, 6.45) is 5.89. The summed E-state index contributed by atoms with van der Waals surface area (Å²) in [7, 11) is 1.58. The summed E-state index contributed by atoms with van der Waals surface area (Å²) in [6.45, 7) is 2.39. The van der Waals surface area contributed by atoms with E-state index in [4.69, 9.17) is 9.84 Å². The fourth-order valence-electron chi connectivity index (χ4n) is 10.7. The van der Waals surface area contributed by atoms with Crippen LogP contribution in [-0.2, 0) is 80.0 Å². The monoisotopic (exact) mass is 1440 g/mol. The van der Waals surface area contributed by atoms with Crippen molar-refractivity contribution in [3.63, 3.8) is 0 Å². The van der Waals surface area contributed by atoms with E-state index in [2.05, 4.69) is 16.0 Å². The third-order valence-corrected chi connectivity index (χ3v) is 16.9. The second-order valence-corrected chi connectivity index (χ2v) is 24.8. The van der Waals surface area contributed by atoms with Gasteiger partial charge in [-0.05, 0) is 136 Å². The lowest BCUT2D eigenvalue weighted by molar-refractivity contribution is -0.145. The average Bonchev–Trinajstić information content (AvgIpc) is 0.920. The minimum absolute atomic E-state index is 0.0145. The van der Waals surface area contributed by atoms with E-state index >= 15 is 0 Å². The van der Waals surface area contributed by atoms with Gasteiger partial charge in [0.15, 0.2) is 11.6 Å². The van der Waals surface area contributed by atoms with Crippen molar-refractivity contribution in [1.82, 2.24) is 25.8 Å². The Balaban J connectivity index is 1.58. The number of Topliss-reactive ketones (excluding diaryl/α,β-unsaturated/α-hetero) is 4. The van der Waals surface area contributed by atoms with Crippen molar-refractivity contribution in [3.8, 4) is 5.75 Å². The zero-order valence-corrected chi connectivity index (χ0v) is 55.8. The number of carboxylic acid groups (broad SMARTS) is 6. The Morgan fingerprint density at radius 1 is 0.558 bits per heavy atom. The van der Waals surface area contributed by atoms with Crippen molar-refractivity contribution in [2.75, 3.05) is 39.8 Å². The second kappa shape index (κ2) is 43.6. The first-order valence-electron chi connectivity index (χ1n) is 31.8. The summed E-state index contributed by atoms with van der Waals surface area (Å²) in [5.74, 6) is -14.8. The number of ether oxygens (including phenoxy) is 1. The second-order valence-electron chi connectivity index (χ2n) is 23.6. The minimum Gasteiger partial charge on any atom is -0.481 e. The van der Waals surface area contributed by atoms with Crippen molar-refractivity contribution < 1.29 is 107 Å². The van der Waals surface area contributed by atoms with Gasteiger partial charge in [0.1, 0.15) is 52.6 Å². The van der Waals surface area contributed by atoms with E-state index in [1.807, 2.05) is 22.6 Å². The number of nitrogens with zero attached hydrogens (tertiary/aromatic N) is 2. The summed E-state index contributed by atoms with van der Waals surface area (Å²) in [5, 5.41) is 64.4. The highest BCUT2D eigenvalue weighted by Gasteiger charge is 2.34. The van der Waals surface area contributed by atoms with Gasteiger partial charge in [0.2, 0.25) is 5.91 Å². The molecule has 0 saturated carbocycles. The number of carboxylic acids is 6. The molecule has 1 aliphatic rings. The number of esters is 1. The normalized spacial score (nSPS) is 13.9. The number of benzene rings is 2. The van der Waals surface area contributed by atoms with Crippen molar-refractivity contribution in [2.45, 2.75) is 173 Å². The van der Waals surface area contributed by atoms with E-state index in [9.17, 15) is 97.5 Å². The standard InChI is InChI=1S/C67H88IN5O22/c1-3-73(33-32-72(2)41-61(83)84)54(65(91)92)27-24-48(75)37-45(35-43-23-29-58(51(68)36-43)95-66(93)50-40-49(76)25-28-55(50)77)57(79)39-46(34-42-16-8-6-9-17-42)56(78)38-44(62(85)86)18-14-15-31-69-59(80)22-13-5-4-10-19-47(74)20-11-7-12-21-52(63(87)88)70-67(94)71-53(64(89)90)26-30-60(81)82/h6,8-9,16-17,23,25,28-29,36,40,44-46,52-54H,3-5,7,10-15,18-22,24,26-27,30-35,37-39,41H2,1-2H3,(H,69,80)(H,81,82)(H,83,84)(H,85,86)(H,87,88)(H,89,90)(H,91,92)(H2,70,71,94)/t44-,45-,46-,52-,53-,54-/m0/s1. The van der Waals surface area contributed by atoms with Gasteiger partial charge >= 0.3 is 47.8 Å². The molecule has 0 aliphatic heterocycles. The lowest BCUT2D eigenvalue weighted by atomic mass is 9.80. The van der Waals surface area contributed by atoms with Gasteiger partial charge in [0.05, 0.1) is 16.0 Å². The number of likely N-dealkylation sites (N-methyl/N-ethyl adjacent to an activating group) is 2. The molecule has 0 aromatic heterocycles. The molecule has 0 heterocycles. The number of nitrogens with one attached hydrogen (secondary N) is 3. The van der Waals surface area contributed by atoms with Crippen molar-refractivity contribution in [2.24, 2.45) is 17.8 Å². The summed E-state index contributed by atoms with van der Waals surface area (Å²) in [6, 6.07) is 8.30. The van der Waals surface area contributed by atoms with Gasteiger partial charge in [0, 0.05) is 88.9 Å². The predicted octanol–water partition coefficient (Wildman–Crippen LogP) is 6.22. The van der Waals surface area contributed by atoms with Crippen LogP contribution in [0.1, 0.15) is 153 Å². The number of allylic oxidation sites excluding steroid dienone is 3. The fraction of sp³-hybridized carbons (Fsp3) is 0.537. The maximum atomic E-state index is 14.7. The zero-order valence-electron chi connectivity index (χ0n) is 53.6. The summed E-state index contributed by atoms with van der Waals surface area (Å²) < 4.78 is 5.83. The molecule has 0 bridgehead atoms. The molecule has 520 valence electrons. The Morgan fingerprint density at radius 2 is 1.15 bits per heavy atom. The van der Waals surface area contributed by atoms with Crippen LogP contribution in [-0.4, -0.2) is 187 Å². The first-order valence-corrected chi connectivity index (χ1v) is 32.9. The van der Waals surface area contributed by atoms with Crippen LogP contribution in [0.15, 0.2) is 72.3 Å². The van der Waals surface area contributed by atoms with E-state index in [0.29, 0.717) is 78.9 Å². The Hall–Kier alpha value is -8.38. The number of halogens is 1. The third kappa shape index (κ3) is 32.5. The number of aliphatic carboxylic acids is 6. The topological polar surface area (TPSA) is 429 Å². The Kier molecular flexibility index (Phi) is 37.1. The van der Waals surface area contributed by atoms with E-state index in [1.54, 1.807) is 61.3 Å². The quantitative estimate of drug-likeness (QED) is 0.00886. The third-order valence-electron chi connectivity index (χ3n) is 16.0. The van der Waals surface area contributed by atoms with Crippen LogP contribution < -0.4 is 20.7 Å². The van der Waals surface area contributed by atoms with E-state index in [1.165, 1.54) is 11.0 Å². The molecule has 0 radical (unpaired) electrons. The highest BCUT2D eigenvalue weighted by atomic mass is 127. The summed E-state index contributed by atoms with van der Waals surface area (Å²) in [4.78, 5) is 191. The molecule has 2 aromatic rings. The molecule has 27 nitrogen and oxygen atoms in total. The van der Waals surface area contributed by atoms with Crippen LogP contribution in [0.2, 0.25) is 0 Å². The largest absolute Gasteiger partial charge is 0.481 e. The predicted molar refractivity (Wildman–Crippen MR) is 350 cm³/mol. The number of rotatable bonds is 51. The van der Waals surface area contributed by atoms with Crippen molar-refractivity contribution in [1.29, 1.82) is 0 Å². The number of ketones is 6.